The topological polar surface area (TPSA) is 87.4 Å². The summed E-state index contributed by atoms with van der Waals surface area (Å²) in [5.41, 5.74) is 2.81. The number of rotatable bonds is 10. The van der Waals surface area contributed by atoms with Crippen LogP contribution >= 0.6 is 0 Å². The number of aromatic amines is 1. The average molecular weight is 451 g/mol. The summed E-state index contributed by atoms with van der Waals surface area (Å²) in [6.07, 6.45) is 6.24. The molecule has 4 rings (SSSR count). The molecular formula is C26H34N4O3. The third-order valence-corrected chi connectivity index (χ3v) is 5.98. The molecule has 1 fully saturated rings. The van der Waals surface area contributed by atoms with Crippen molar-refractivity contribution in [3.8, 4) is 11.5 Å². The molecule has 1 saturated heterocycles. The standard InChI is InChI=1S/C26H34N4O3/c1-2-13-32-22-14-21(30-26(31)28-12-9-19-7-10-27-11-8-19)15-23(16-22)33-18-20-17-29-25-6-4-3-5-24(20)25/h3-6,14-17,19,27,29H,2,7-13,18H2,1H3,(H2,28,30,31). The largest absolute Gasteiger partial charge is 0.493 e. The van der Waals surface area contributed by atoms with Crippen LogP contribution < -0.4 is 25.4 Å². The fourth-order valence-electron chi connectivity index (χ4n) is 4.18. The molecule has 0 aliphatic carbocycles. The Morgan fingerprint density at radius 1 is 1.09 bits per heavy atom. The van der Waals surface area contributed by atoms with Crippen molar-refractivity contribution in [2.45, 2.75) is 39.2 Å². The van der Waals surface area contributed by atoms with Crippen molar-refractivity contribution in [1.82, 2.24) is 15.6 Å². The number of benzene rings is 2. The minimum Gasteiger partial charge on any atom is -0.493 e. The molecule has 0 saturated carbocycles. The number of urea groups is 1. The maximum absolute atomic E-state index is 12.5. The first-order valence-corrected chi connectivity index (χ1v) is 11.9. The number of carbonyl (C=O) groups excluding carboxylic acids is 1. The second-order valence-electron chi connectivity index (χ2n) is 8.55. The predicted octanol–water partition coefficient (Wildman–Crippen LogP) is 5.05. The Bertz CT molecular complexity index is 1040. The molecule has 2 aromatic carbocycles. The van der Waals surface area contributed by atoms with E-state index in [1.807, 2.05) is 42.6 Å². The molecule has 1 aromatic heterocycles. The second-order valence-corrected chi connectivity index (χ2v) is 8.55. The van der Waals surface area contributed by atoms with E-state index in [1.165, 1.54) is 12.8 Å². The molecule has 1 aliphatic rings. The van der Waals surface area contributed by atoms with E-state index in [0.29, 0.717) is 42.9 Å². The Morgan fingerprint density at radius 3 is 2.70 bits per heavy atom. The Kier molecular flexibility index (Phi) is 8.09. The summed E-state index contributed by atoms with van der Waals surface area (Å²) in [5.74, 6) is 2.01. The van der Waals surface area contributed by atoms with E-state index in [-0.39, 0.29) is 6.03 Å². The van der Waals surface area contributed by atoms with E-state index in [4.69, 9.17) is 9.47 Å². The summed E-state index contributed by atoms with van der Waals surface area (Å²) < 4.78 is 11.9. The lowest BCUT2D eigenvalue weighted by Gasteiger charge is -2.22. The summed E-state index contributed by atoms with van der Waals surface area (Å²) in [4.78, 5) is 15.7. The lowest BCUT2D eigenvalue weighted by molar-refractivity contribution is 0.250. The fourth-order valence-corrected chi connectivity index (χ4v) is 4.18. The van der Waals surface area contributed by atoms with Gasteiger partial charge in [-0.1, -0.05) is 25.1 Å². The van der Waals surface area contributed by atoms with Gasteiger partial charge in [-0.25, -0.2) is 4.79 Å². The summed E-state index contributed by atoms with van der Waals surface area (Å²) in [6.45, 7) is 5.90. The number of H-pyrrole nitrogens is 1. The van der Waals surface area contributed by atoms with Gasteiger partial charge in [0.15, 0.2) is 0 Å². The molecule has 7 nitrogen and oxygen atoms in total. The van der Waals surface area contributed by atoms with Crippen LogP contribution in [0.4, 0.5) is 10.5 Å². The van der Waals surface area contributed by atoms with Crippen LogP contribution in [-0.2, 0) is 6.61 Å². The predicted molar refractivity (Wildman–Crippen MR) is 132 cm³/mol. The van der Waals surface area contributed by atoms with Crippen LogP contribution in [0.3, 0.4) is 0 Å². The van der Waals surface area contributed by atoms with Crippen molar-refractivity contribution in [3.63, 3.8) is 0 Å². The molecule has 1 aliphatic heterocycles. The van der Waals surface area contributed by atoms with Gasteiger partial charge >= 0.3 is 6.03 Å². The van der Waals surface area contributed by atoms with Gasteiger partial charge < -0.3 is 30.4 Å². The van der Waals surface area contributed by atoms with Crippen molar-refractivity contribution in [3.05, 3.63) is 54.2 Å². The molecule has 0 atom stereocenters. The molecular weight excluding hydrogens is 416 g/mol. The lowest BCUT2D eigenvalue weighted by Crippen LogP contribution is -2.33. The number of anilines is 1. The first-order chi connectivity index (χ1) is 16.2. The molecule has 7 heteroatoms. The number of fused-ring (bicyclic) bond motifs is 1. The number of piperidine rings is 1. The van der Waals surface area contributed by atoms with Crippen LogP contribution in [0, 0.1) is 5.92 Å². The summed E-state index contributed by atoms with van der Waals surface area (Å²) in [5, 5.41) is 10.4. The first-order valence-electron chi connectivity index (χ1n) is 11.9. The van der Waals surface area contributed by atoms with Crippen LogP contribution in [0.15, 0.2) is 48.7 Å². The highest BCUT2D eigenvalue weighted by Gasteiger charge is 2.13. The quantitative estimate of drug-likeness (QED) is 0.348. The third kappa shape index (κ3) is 6.65. The highest BCUT2D eigenvalue weighted by molar-refractivity contribution is 5.89. The zero-order valence-electron chi connectivity index (χ0n) is 19.3. The Hall–Kier alpha value is -3.19. The van der Waals surface area contributed by atoms with Crippen LogP contribution in [0.5, 0.6) is 11.5 Å². The molecule has 33 heavy (non-hydrogen) atoms. The SMILES string of the molecule is CCCOc1cc(NC(=O)NCCC2CCNCC2)cc(OCc2c[nH]c3ccccc23)c1. The maximum atomic E-state index is 12.5. The molecule has 0 radical (unpaired) electrons. The molecule has 2 heterocycles. The van der Waals surface area contributed by atoms with Gasteiger partial charge in [0.25, 0.3) is 0 Å². The number of amides is 2. The van der Waals surface area contributed by atoms with E-state index in [9.17, 15) is 4.79 Å². The molecule has 176 valence electrons. The van der Waals surface area contributed by atoms with Crippen molar-refractivity contribution in [2.24, 2.45) is 5.92 Å². The minimum absolute atomic E-state index is 0.209. The highest BCUT2D eigenvalue weighted by atomic mass is 16.5. The smallest absolute Gasteiger partial charge is 0.319 e. The number of para-hydroxylation sites is 1. The average Bonchev–Trinajstić information content (AvgIpc) is 3.25. The zero-order valence-corrected chi connectivity index (χ0v) is 19.3. The van der Waals surface area contributed by atoms with Crippen molar-refractivity contribution >= 4 is 22.6 Å². The van der Waals surface area contributed by atoms with Gasteiger partial charge in [-0.15, -0.1) is 0 Å². The molecule has 0 spiro atoms. The number of nitrogens with one attached hydrogen (secondary N) is 4. The van der Waals surface area contributed by atoms with Crippen molar-refractivity contribution in [2.75, 3.05) is 31.6 Å². The van der Waals surface area contributed by atoms with Crippen molar-refractivity contribution in [1.29, 1.82) is 0 Å². The van der Waals surface area contributed by atoms with Crippen LogP contribution in [0.1, 0.15) is 38.2 Å². The van der Waals surface area contributed by atoms with Gasteiger partial charge in [0.05, 0.1) is 6.61 Å². The Balaban J connectivity index is 1.36. The number of carbonyl (C=O) groups is 1. The number of ether oxygens (including phenoxy) is 2. The number of hydrogen-bond acceptors (Lipinski definition) is 4. The maximum Gasteiger partial charge on any atom is 0.319 e. The molecule has 2 amide bonds. The Morgan fingerprint density at radius 2 is 1.88 bits per heavy atom. The second kappa shape index (κ2) is 11.6. The Labute approximate surface area is 195 Å². The van der Waals surface area contributed by atoms with Gasteiger partial charge in [-0.05, 0) is 50.8 Å². The van der Waals surface area contributed by atoms with Gasteiger partial charge in [-0.3, -0.25) is 0 Å². The number of hydrogen-bond donors (Lipinski definition) is 4. The molecule has 0 unspecified atom stereocenters. The van der Waals surface area contributed by atoms with Gasteiger partial charge in [0.2, 0.25) is 0 Å². The monoisotopic (exact) mass is 450 g/mol. The number of aromatic nitrogens is 1. The van der Waals surface area contributed by atoms with Crippen LogP contribution in [0.2, 0.25) is 0 Å². The summed E-state index contributed by atoms with van der Waals surface area (Å²) >= 11 is 0. The lowest BCUT2D eigenvalue weighted by atomic mass is 9.95. The minimum atomic E-state index is -0.209. The molecule has 3 aromatic rings. The first kappa shape index (κ1) is 23.0. The van der Waals surface area contributed by atoms with Gasteiger partial charge in [0, 0.05) is 53.1 Å². The van der Waals surface area contributed by atoms with E-state index in [0.717, 1.165) is 42.4 Å². The van der Waals surface area contributed by atoms with Crippen LogP contribution in [-0.4, -0.2) is 37.3 Å². The van der Waals surface area contributed by atoms with E-state index in [1.54, 1.807) is 0 Å². The van der Waals surface area contributed by atoms with E-state index in [2.05, 4.69) is 33.9 Å². The third-order valence-electron chi connectivity index (χ3n) is 5.98. The van der Waals surface area contributed by atoms with E-state index < -0.39 is 0 Å². The summed E-state index contributed by atoms with van der Waals surface area (Å²) in [7, 11) is 0. The van der Waals surface area contributed by atoms with E-state index >= 15 is 0 Å². The van der Waals surface area contributed by atoms with Gasteiger partial charge in [0.1, 0.15) is 18.1 Å². The normalized spacial score (nSPS) is 14.2. The molecule has 0 bridgehead atoms. The van der Waals surface area contributed by atoms with Crippen molar-refractivity contribution < 1.29 is 14.3 Å². The summed E-state index contributed by atoms with van der Waals surface area (Å²) in [6, 6.07) is 13.5. The molecule has 4 N–H and O–H groups in total. The fraction of sp³-hybridized carbons (Fsp3) is 0.423. The van der Waals surface area contributed by atoms with Crippen LogP contribution in [0.25, 0.3) is 10.9 Å². The highest BCUT2D eigenvalue weighted by Crippen LogP contribution is 2.28. The zero-order chi connectivity index (χ0) is 22.9. The van der Waals surface area contributed by atoms with Gasteiger partial charge in [-0.2, -0.15) is 0 Å².